The molecule has 9 heteroatoms. The van der Waals surface area contributed by atoms with Crippen molar-refractivity contribution in [2.75, 3.05) is 29.5 Å². The van der Waals surface area contributed by atoms with E-state index in [0.717, 1.165) is 0 Å². The predicted molar refractivity (Wildman–Crippen MR) is 97.2 cm³/mol. The molecule has 0 unspecified atom stereocenters. The van der Waals surface area contributed by atoms with E-state index in [-0.39, 0.29) is 5.91 Å². The van der Waals surface area contributed by atoms with Crippen LogP contribution in [0.2, 0.25) is 5.02 Å². The van der Waals surface area contributed by atoms with Crippen molar-refractivity contribution in [1.29, 1.82) is 0 Å². The quantitative estimate of drug-likeness (QED) is 0.380. The second-order valence-electron chi connectivity index (χ2n) is 5.13. The van der Waals surface area contributed by atoms with Crippen molar-refractivity contribution >= 4 is 40.8 Å². The maximum absolute atomic E-state index is 12.2. The number of benzene rings is 1. The Morgan fingerprint density at radius 3 is 2.68 bits per heavy atom. The van der Waals surface area contributed by atoms with E-state index in [9.17, 15) is 9.59 Å². The van der Waals surface area contributed by atoms with E-state index in [2.05, 4.69) is 20.9 Å². The zero-order chi connectivity index (χ0) is 18.2. The third-order valence-corrected chi connectivity index (χ3v) is 3.46. The molecule has 1 heterocycles. The smallest absolute Gasteiger partial charge is 0.404 e. The summed E-state index contributed by atoms with van der Waals surface area (Å²) in [4.78, 5) is 26.6. The highest BCUT2D eigenvalue weighted by Gasteiger charge is 2.09. The van der Waals surface area contributed by atoms with Crippen molar-refractivity contribution in [3.8, 4) is 0 Å². The minimum atomic E-state index is -1.05. The van der Waals surface area contributed by atoms with Crippen LogP contribution in [0.1, 0.15) is 16.8 Å². The summed E-state index contributed by atoms with van der Waals surface area (Å²) in [5.41, 5.74) is 7.43. The van der Waals surface area contributed by atoms with E-state index in [1.54, 1.807) is 30.3 Å². The first-order chi connectivity index (χ1) is 12.0. The Kier molecular flexibility index (Phi) is 6.41. The molecule has 0 saturated heterocycles. The van der Waals surface area contributed by atoms with Crippen LogP contribution in [0.15, 0.2) is 36.5 Å². The standard InChI is InChI=1S/C16H18ClN5O3/c17-11-4-7-20-14(9-11)22-15(23)10-2-3-13(12(18)8-10)19-5-1-6-21-16(24)25/h2-4,7-9,19,21H,1,5-6,18H2,(H,24,25)(H,20,22,23). The van der Waals surface area contributed by atoms with Crippen LogP contribution in [0, 0.1) is 0 Å². The van der Waals surface area contributed by atoms with Gasteiger partial charge in [0, 0.05) is 29.9 Å². The zero-order valence-corrected chi connectivity index (χ0v) is 14.0. The summed E-state index contributed by atoms with van der Waals surface area (Å²) < 4.78 is 0. The van der Waals surface area contributed by atoms with Crippen molar-refractivity contribution < 1.29 is 14.7 Å². The second kappa shape index (κ2) is 8.74. The highest BCUT2D eigenvalue weighted by molar-refractivity contribution is 6.30. The average Bonchev–Trinajstić information content (AvgIpc) is 2.55. The van der Waals surface area contributed by atoms with Gasteiger partial charge in [0.25, 0.3) is 5.91 Å². The average molecular weight is 364 g/mol. The molecule has 2 amide bonds. The maximum atomic E-state index is 12.2. The van der Waals surface area contributed by atoms with E-state index in [1.165, 1.54) is 6.20 Å². The number of hydrogen-bond donors (Lipinski definition) is 5. The highest BCUT2D eigenvalue weighted by atomic mass is 35.5. The van der Waals surface area contributed by atoms with Crippen LogP contribution in [0.4, 0.5) is 22.0 Å². The van der Waals surface area contributed by atoms with Gasteiger partial charge >= 0.3 is 6.09 Å². The molecule has 8 nitrogen and oxygen atoms in total. The van der Waals surface area contributed by atoms with Crippen LogP contribution in [0.5, 0.6) is 0 Å². The van der Waals surface area contributed by atoms with Crippen molar-refractivity contribution in [1.82, 2.24) is 10.3 Å². The number of nitrogens with two attached hydrogens (primary N) is 1. The first kappa shape index (κ1) is 18.3. The Bertz CT molecular complexity index is 769. The Labute approximate surface area is 149 Å². The molecule has 0 atom stereocenters. The SMILES string of the molecule is Nc1cc(C(=O)Nc2cc(Cl)ccn2)ccc1NCCCNC(=O)O. The number of carbonyl (C=O) groups is 2. The van der Waals surface area contributed by atoms with Crippen molar-refractivity contribution in [3.63, 3.8) is 0 Å². The number of nitrogen functional groups attached to an aromatic ring is 1. The summed E-state index contributed by atoms with van der Waals surface area (Å²) in [5, 5.41) is 17.0. The molecule has 0 spiro atoms. The van der Waals surface area contributed by atoms with Gasteiger partial charge in [-0.15, -0.1) is 0 Å². The summed E-state index contributed by atoms with van der Waals surface area (Å²) in [6, 6.07) is 8.04. The summed E-state index contributed by atoms with van der Waals surface area (Å²) in [5.74, 6) is 0.00267. The molecule has 0 radical (unpaired) electrons. The molecule has 2 rings (SSSR count). The lowest BCUT2D eigenvalue weighted by Crippen LogP contribution is -2.23. The maximum Gasteiger partial charge on any atom is 0.404 e. The van der Waals surface area contributed by atoms with E-state index in [0.29, 0.717) is 47.3 Å². The van der Waals surface area contributed by atoms with E-state index >= 15 is 0 Å². The fourth-order valence-electron chi connectivity index (χ4n) is 2.03. The molecule has 6 N–H and O–H groups in total. The first-order valence-corrected chi connectivity index (χ1v) is 7.86. The number of rotatable bonds is 7. The highest BCUT2D eigenvalue weighted by Crippen LogP contribution is 2.21. The van der Waals surface area contributed by atoms with Crippen LogP contribution in [-0.4, -0.2) is 35.2 Å². The molecule has 0 bridgehead atoms. The van der Waals surface area contributed by atoms with Gasteiger partial charge in [-0.05, 0) is 36.8 Å². The largest absolute Gasteiger partial charge is 0.465 e. The van der Waals surface area contributed by atoms with Gasteiger partial charge in [0.1, 0.15) is 5.82 Å². The van der Waals surface area contributed by atoms with Crippen molar-refractivity contribution in [2.24, 2.45) is 0 Å². The lowest BCUT2D eigenvalue weighted by atomic mass is 10.1. The number of amides is 2. The predicted octanol–water partition coefficient (Wildman–Crippen LogP) is 2.64. The van der Waals surface area contributed by atoms with Crippen molar-refractivity contribution in [3.05, 3.63) is 47.1 Å². The zero-order valence-electron chi connectivity index (χ0n) is 13.3. The minimum absolute atomic E-state index is 0.343. The number of anilines is 3. The molecular formula is C16H18ClN5O3. The van der Waals surface area contributed by atoms with Crippen LogP contribution in [-0.2, 0) is 0 Å². The molecule has 0 saturated carbocycles. The molecule has 0 aliphatic rings. The van der Waals surface area contributed by atoms with Gasteiger partial charge in [0.2, 0.25) is 0 Å². The Morgan fingerprint density at radius 2 is 2.00 bits per heavy atom. The van der Waals surface area contributed by atoms with Gasteiger partial charge in [-0.25, -0.2) is 9.78 Å². The minimum Gasteiger partial charge on any atom is -0.465 e. The van der Waals surface area contributed by atoms with Crippen LogP contribution < -0.4 is 21.7 Å². The van der Waals surface area contributed by atoms with Gasteiger partial charge < -0.3 is 26.8 Å². The molecular weight excluding hydrogens is 346 g/mol. The summed E-state index contributed by atoms with van der Waals surface area (Å²) in [6.07, 6.45) is 1.05. The number of carboxylic acid groups (broad SMARTS) is 1. The molecule has 0 aliphatic heterocycles. The second-order valence-corrected chi connectivity index (χ2v) is 5.56. The van der Waals surface area contributed by atoms with Crippen LogP contribution >= 0.6 is 11.6 Å². The van der Waals surface area contributed by atoms with Gasteiger partial charge in [0.15, 0.2) is 0 Å². The number of carbonyl (C=O) groups excluding carboxylic acids is 1. The summed E-state index contributed by atoms with van der Waals surface area (Å²) in [7, 11) is 0. The fraction of sp³-hybridized carbons (Fsp3) is 0.188. The van der Waals surface area contributed by atoms with Crippen LogP contribution in [0.25, 0.3) is 0 Å². The molecule has 25 heavy (non-hydrogen) atoms. The molecule has 1 aromatic carbocycles. The number of aromatic nitrogens is 1. The lowest BCUT2D eigenvalue weighted by Gasteiger charge is -2.11. The number of halogens is 1. The number of pyridine rings is 1. The van der Waals surface area contributed by atoms with Gasteiger partial charge in [-0.2, -0.15) is 0 Å². The molecule has 132 valence electrons. The Balaban J connectivity index is 1.91. The van der Waals surface area contributed by atoms with E-state index < -0.39 is 6.09 Å². The number of nitrogens with one attached hydrogen (secondary N) is 3. The fourth-order valence-corrected chi connectivity index (χ4v) is 2.19. The number of hydrogen-bond acceptors (Lipinski definition) is 5. The van der Waals surface area contributed by atoms with Gasteiger partial charge in [-0.1, -0.05) is 11.6 Å². The third kappa shape index (κ3) is 5.85. The summed E-state index contributed by atoms with van der Waals surface area (Å²) >= 11 is 5.85. The molecule has 0 fully saturated rings. The van der Waals surface area contributed by atoms with Crippen molar-refractivity contribution in [2.45, 2.75) is 6.42 Å². The topological polar surface area (TPSA) is 129 Å². The molecule has 2 aromatic rings. The third-order valence-electron chi connectivity index (χ3n) is 3.22. The first-order valence-electron chi connectivity index (χ1n) is 7.49. The Morgan fingerprint density at radius 1 is 1.20 bits per heavy atom. The van der Waals surface area contributed by atoms with E-state index in [4.69, 9.17) is 22.4 Å². The monoisotopic (exact) mass is 363 g/mol. The molecule has 1 aromatic heterocycles. The van der Waals surface area contributed by atoms with Gasteiger partial charge in [0.05, 0.1) is 11.4 Å². The lowest BCUT2D eigenvalue weighted by molar-refractivity contribution is 0.102. The van der Waals surface area contributed by atoms with Crippen LogP contribution in [0.3, 0.4) is 0 Å². The summed E-state index contributed by atoms with van der Waals surface area (Å²) in [6.45, 7) is 0.887. The Hall–Kier alpha value is -3.00. The van der Waals surface area contributed by atoms with E-state index in [1.807, 2.05) is 0 Å². The normalized spacial score (nSPS) is 10.1. The number of nitrogens with zero attached hydrogens (tertiary/aromatic N) is 1. The van der Waals surface area contributed by atoms with Gasteiger partial charge in [-0.3, -0.25) is 4.79 Å². The molecule has 0 aliphatic carbocycles.